The minimum absolute atomic E-state index is 0.00355. The Morgan fingerprint density at radius 1 is 0.944 bits per heavy atom. The zero-order valence-corrected chi connectivity index (χ0v) is 19.7. The maximum absolute atomic E-state index is 13.2. The molecule has 1 fully saturated rings. The molecule has 0 aliphatic carbocycles. The molecule has 0 aromatic heterocycles. The van der Waals surface area contributed by atoms with Gasteiger partial charge in [-0.15, -0.1) is 0 Å². The topological polar surface area (TPSA) is 105 Å². The number of hydrogen-bond acceptors (Lipinski definition) is 5. The summed E-state index contributed by atoms with van der Waals surface area (Å²) in [5.74, 6) is -1.63. The minimum Gasteiger partial charge on any atom is -0.376 e. The summed E-state index contributed by atoms with van der Waals surface area (Å²) in [6.45, 7) is 2.88. The van der Waals surface area contributed by atoms with E-state index in [0.717, 1.165) is 17.7 Å². The Labute approximate surface area is 208 Å². The fourth-order valence-corrected chi connectivity index (χ4v) is 4.49. The molecule has 0 bridgehead atoms. The molecule has 8 heteroatoms. The van der Waals surface area contributed by atoms with Gasteiger partial charge in [-0.05, 0) is 61.7 Å². The largest absolute Gasteiger partial charge is 0.376 e. The molecule has 4 amide bonds. The summed E-state index contributed by atoms with van der Waals surface area (Å²) in [5, 5.41) is 5.66. The van der Waals surface area contributed by atoms with Gasteiger partial charge in [0, 0.05) is 18.7 Å². The first-order valence-corrected chi connectivity index (χ1v) is 11.8. The van der Waals surface area contributed by atoms with Gasteiger partial charge in [-0.2, -0.15) is 0 Å². The molecule has 8 nitrogen and oxygen atoms in total. The first-order valence-electron chi connectivity index (χ1n) is 11.8. The summed E-state index contributed by atoms with van der Waals surface area (Å²) < 4.78 is 5.55. The molecule has 2 heterocycles. The number of carbonyl (C=O) groups excluding carboxylic acids is 4. The summed E-state index contributed by atoms with van der Waals surface area (Å²) in [6.07, 6.45) is 1.89. The zero-order chi connectivity index (χ0) is 25.2. The average Bonchev–Trinajstić information content (AvgIpc) is 3.50. The number of anilines is 2. The number of ether oxygens (including phenoxy) is 1. The molecule has 2 N–H and O–H groups in total. The van der Waals surface area contributed by atoms with Crippen LogP contribution in [-0.4, -0.2) is 42.9 Å². The van der Waals surface area contributed by atoms with Crippen LogP contribution in [-0.2, 0) is 4.74 Å². The van der Waals surface area contributed by atoms with E-state index < -0.39 is 17.7 Å². The lowest BCUT2D eigenvalue weighted by Crippen LogP contribution is -2.32. The fraction of sp³-hybridized carbons (Fsp3) is 0.214. The second kappa shape index (κ2) is 9.75. The second-order valence-electron chi connectivity index (χ2n) is 8.84. The highest BCUT2D eigenvalue weighted by Crippen LogP contribution is 2.31. The molecular weight excluding hydrogens is 458 g/mol. The van der Waals surface area contributed by atoms with Gasteiger partial charge in [0.1, 0.15) is 0 Å². The van der Waals surface area contributed by atoms with E-state index in [2.05, 4.69) is 10.6 Å². The van der Waals surface area contributed by atoms with Crippen molar-refractivity contribution in [1.29, 1.82) is 0 Å². The number of imide groups is 1. The van der Waals surface area contributed by atoms with E-state index in [9.17, 15) is 19.2 Å². The van der Waals surface area contributed by atoms with Gasteiger partial charge in [-0.25, -0.2) is 4.90 Å². The molecule has 182 valence electrons. The number of benzene rings is 3. The van der Waals surface area contributed by atoms with Crippen LogP contribution < -0.4 is 15.5 Å². The lowest BCUT2D eigenvalue weighted by molar-refractivity contribution is 0.0857. The second-order valence-corrected chi connectivity index (χ2v) is 8.84. The quantitative estimate of drug-likeness (QED) is 0.517. The van der Waals surface area contributed by atoms with Crippen LogP contribution in [0.4, 0.5) is 11.4 Å². The SMILES string of the molecule is Cc1ccc(C(=O)Nc2ccccc2C(=O)NCC2CCCO2)cc1N1C(=O)c2ccccc2C1=O. The monoisotopic (exact) mass is 483 g/mol. The van der Waals surface area contributed by atoms with Crippen LogP contribution in [0.3, 0.4) is 0 Å². The van der Waals surface area contributed by atoms with Gasteiger partial charge in [0.2, 0.25) is 0 Å². The minimum atomic E-state index is -0.466. The van der Waals surface area contributed by atoms with Crippen molar-refractivity contribution in [3.05, 3.63) is 94.5 Å². The van der Waals surface area contributed by atoms with E-state index >= 15 is 0 Å². The fourth-order valence-electron chi connectivity index (χ4n) is 4.49. The summed E-state index contributed by atoms with van der Waals surface area (Å²) in [7, 11) is 0. The summed E-state index contributed by atoms with van der Waals surface area (Å²) in [4.78, 5) is 53.0. The molecule has 0 radical (unpaired) electrons. The third kappa shape index (κ3) is 4.38. The van der Waals surface area contributed by atoms with E-state index in [0.29, 0.717) is 46.8 Å². The molecule has 1 atom stereocenters. The van der Waals surface area contributed by atoms with E-state index in [4.69, 9.17) is 4.74 Å². The van der Waals surface area contributed by atoms with Crippen molar-refractivity contribution in [2.24, 2.45) is 0 Å². The third-order valence-corrected chi connectivity index (χ3v) is 6.44. The third-order valence-electron chi connectivity index (χ3n) is 6.44. The lowest BCUT2D eigenvalue weighted by Gasteiger charge is -2.18. The molecule has 36 heavy (non-hydrogen) atoms. The molecular formula is C28H25N3O5. The Morgan fingerprint density at radius 3 is 2.33 bits per heavy atom. The predicted octanol–water partition coefficient (Wildman–Crippen LogP) is 3.96. The van der Waals surface area contributed by atoms with E-state index in [1.54, 1.807) is 67.6 Å². The summed E-state index contributed by atoms with van der Waals surface area (Å²) >= 11 is 0. The predicted molar refractivity (Wildman–Crippen MR) is 134 cm³/mol. The molecule has 0 spiro atoms. The molecule has 2 aliphatic rings. The standard InChI is InChI=1S/C28H25N3O5/c1-17-12-13-18(15-24(17)31-27(34)20-8-2-3-9-21(20)28(31)35)25(32)30-23-11-5-4-10-22(23)26(33)29-16-19-7-6-14-36-19/h2-5,8-13,15,19H,6-7,14,16H2,1H3,(H,29,33)(H,30,32). The number of nitrogens with one attached hydrogen (secondary N) is 2. The molecule has 2 aliphatic heterocycles. The van der Waals surface area contributed by atoms with Crippen LogP contribution >= 0.6 is 0 Å². The van der Waals surface area contributed by atoms with Crippen molar-refractivity contribution in [3.63, 3.8) is 0 Å². The van der Waals surface area contributed by atoms with Gasteiger partial charge in [-0.3, -0.25) is 19.2 Å². The highest BCUT2D eigenvalue weighted by atomic mass is 16.5. The Hall–Kier alpha value is -4.30. The zero-order valence-electron chi connectivity index (χ0n) is 19.7. The number of para-hydroxylation sites is 1. The van der Waals surface area contributed by atoms with Crippen LogP contribution in [0.1, 0.15) is 59.8 Å². The summed E-state index contributed by atoms with van der Waals surface area (Å²) in [6, 6.07) is 18.2. The Morgan fingerprint density at radius 2 is 1.64 bits per heavy atom. The number of amides is 4. The number of hydrogen-bond donors (Lipinski definition) is 2. The van der Waals surface area contributed by atoms with Crippen molar-refractivity contribution in [2.45, 2.75) is 25.9 Å². The van der Waals surface area contributed by atoms with Gasteiger partial charge >= 0.3 is 0 Å². The molecule has 3 aromatic carbocycles. The molecule has 5 rings (SSSR count). The Balaban J connectivity index is 1.36. The van der Waals surface area contributed by atoms with Crippen LogP contribution in [0.2, 0.25) is 0 Å². The molecule has 1 unspecified atom stereocenters. The first-order chi connectivity index (χ1) is 17.4. The number of aryl methyl sites for hydroxylation is 1. The van der Waals surface area contributed by atoms with Gasteiger partial charge < -0.3 is 15.4 Å². The highest BCUT2D eigenvalue weighted by Gasteiger charge is 2.37. The highest BCUT2D eigenvalue weighted by molar-refractivity contribution is 6.34. The lowest BCUT2D eigenvalue weighted by atomic mass is 10.1. The van der Waals surface area contributed by atoms with Crippen molar-refractivity contribution in [1.82, 2.24) is 5.32 Å². The molecule has 1 saturated heterocycles. The van der Waals surface area contributed by atoms with Crippen LogP contribution in [0.25, 0.3) is 0 Å². The maximum atomic E-state index is 13.2. The van der Waals surface area contributed by atoms with Gasteiger partial charge in [0.15, 0.2) is 0 Å². The number of carbonyl (C=O) groups is 4. The summed E-state index contributed by atoms with van der Waals surface area (Å²) in [5.41, 5.74) is 2.62. The van der Waals surface area contributed by atoms with Crippen molar-refractivity contribution >= 4 is 35.0 Å². The Kier molecular flexibility index (Phi) is 6.35. The van der Waals surface area contributed by atoms with Crippen molar-refractivity contribution < 1.29 is 23.9 Å². The van der Waals surface area contributed by atoms with Crippen LogP contribution in [0.15, 0.2) is 66.7 Å². The smallest absolute Gasteiger partial charge is 0.266 e. The molecule has 0 saturated carbocycles. The first kappa shape index (κ1) is 23.4. The van der Waals surface area contributed by atoms with E-state index in [1.807, 2.05) is 0 Å². The number of nitrogens with zero attached hydrogens (tertiary/aromatic N) is 1. The van der Waals surface area contributed by atoms with Gasteiger partial charge in [0.25, 0.3) is 23.6 Å². The average molecular weight is 484 g/mol. The number of fused-ring (bicyclic) bond motifs is 1. The van der Waals surface area contributed by atoms with Crippen molar-refractivity contribution in [3.8, 4) is 0 Å². The normalized spacial score (nSPS) is 16.7. The van der Waals surface area contributed by atoms with Crippen LogP contribution in [0, 0.1) is 6.92 Å². The van der Waals surface area contributed by atoms with Gasteiger partial charge in [0.05, 0.1) is 34.2 Å². The van der Waals surface area contributed by atoms with Gasteiger partial charge in [-0.1, -0.05) is 30.3 Å². The van der Waals surface area contributed by atoms with Crippen LogP contribution in [0.5, 0.6) is 0 Å². The Bertz CT molecular complexity index is 1340. The molecule has 3 aromatic rings. The van der Waals surface area contributed by atoms with E-state index in [-0.39, 0.29) is 17.6 Å². The van der Waals surface area contributed by atoms with E-state index in [1.165, 1.54) is 6.07 Å². The van der Waals surface area contributed by atoms with Crippen molar-refractivity contribution in [2.75, 3.05) is 23.4 Å². The number of rotatable bonds is 6. The maximum Gasteiger partial charge on any atom is 0.266 e.